The highest BCUT2D eigenvalue weighted by molar-refractivity contribution is 5.77. The average molecular weight is 291 g/mol. The first kappa shape index (κ1) is 15.7. The van der Waals surface area contributed by atoms with Crippen molar-refractivity contribution in [2.75, 3.05) is 18.0 Å². The summed E-state index contributed by atoms with van der Waals surface area (Å²) in [6.45, 7) is 8.62. The van der Waals surface area contributed by atoms with E-state index in [1.807, 2.05) is 17.3 Å². The molecule has 6 nitrogen and oxygen atoms in total. The number of piperidine rings is 1. The van der Waals surface area contributed by atoms with Crippen molar-refractivity contribution >= 4 is 11.9 Å². The SMILES string of the molecule is CC(C)(C)NCc1cnc(N2CCCC(C(N)=O)C2)nc1. The number of nitrogens with two attached hydrogens (primary N) is 1. The lowest BCUT2D eigenvalue weighted by Crippen LogP contribution is -2.42. The summed E-state index contributed by atoms with van der Waals surface area (Å²) in [6, 6.07) is 0. The Balaban J connectivity index is 1.97. The van der Waals surface area contributed by atoms with Crippen LogP contribution in [0.1, 0.15) is 39.2 Å². The molecule has 1 fully saturated rings. The number of rotatable bonds is 4. The lowest BCUT2D eigenvalue weighted by Gasteiger charge is -2.31. The third kappa shape index (κ3) is 4.67. The normalized spacial score (nSPS) is 19.6. The van der Waals surface area contributed by atoms with E-state index >= 15 is 0 Å². The maximum absolute atomic E-state index is 11.3. The second kappa shape index (κ2) is 6.39. The average Bonchev–Trinajstić information content (AvgIpc) is 2.45. The van der Waals surface area contributed by atoms with Gasteiger partial charge >= 0.3 is 0 Å². The zero-order valence-electron chi connectivity index (χ0n) is 13.1. The third-order valence-corrected chi connectivity index (χ3v) is 3.62. The molecule has 1 amide bonds. The van der Waals surface area contributed by atoms with Crippen LogP contribution in [0.4, 0.5) is 5.95 Å². The van der Waals surface area contributed by atoms with Crippen LogP contribution < -0.4 is 16.0 Å². The molecular formula is C15H25N5O. The van der Waals surface area contributed by atoms with E-state index in [4.69, 9.17) is 5.73 Å². The monoisotopic (exact) mass is 291 g/mol. The Morgan fingerprint density at radius 2 is 2.10 bits per heavy atom. The Kier molecular flexibility index (Phi) is 4.77. The lowest BCUT2D eigenvalue weighted by atomic mass is 9.98. The summed E-state index contributed by atoms with van der Waals surface area (Å²) in [4.78, 5) is 22.2. The number of aromatic nitrogens is 2. The molecule has 1 aromatic heterocycles. The van der Waals surface area contributed by atoms with Crippen LogP contribution in [0.2, 0.25) is 0 Å². The second-order valence-corrected chi connectivity index (χ2v) is 6.68. The molecule has 0 radical (unpaired) electrons. The molecule has 6 heteroatoms. The molecule has 1 saturated heterocycles. The Bertz CT molecular complexity index is 480. The summed E-state index contributed by atoms with van der Waals surface area (Å²) in [6.07, 6.45) is 5.49. The van der Waals surface area contributed by atoms with E-state index in [9.17, 15) is 4.79 Å². The quantitative estimate of drug-likeness (QED) is 0.867. The van der Waals surface area contributed by atoms with Crippen molar-refractivity contribution in [2.45, 2.75) is 45.7 Å². The fourth-order valence-corrected chi connectivity index (χ4v) is 2.36. The zero-order valence-corrected chi connectivity index (χ0v) is 13.1. The predicted molar refractivity (Wildman–Crippen MR) is 82.8 cm³/mol. The van der Waals surface area contributed by atoms with E-state index in [0.717, 1.165) is 31.5 Å². The van der Waals surface area contributed by atoms with Crippen LogP contribution in [0.3, 0.4) is 0 Å². The van der Waals surface area contributed by atoms with Gasteiger partial charge in [-0.3, -0.25) is 4.79 Å². The van der Waals surface area contributed by atoms with Gasteiger partial charge in [-0.1, -0.05) is 0 Å². The maximum atomic E-state index is 11.3. The number of carbonyl (C=O) groups excluding carboxylic acids is 1. The second-order valence-electron chi connectivity index (χ2n) is 6.68. The number of hydrogen-bond acceptors (Lipinski definition) is 5. The number of hydrogen-bond donors (Lipinski definition) is 2. The topological polar surface area (TPSA) is 84.1 Å². The van der Waals surface area contributed by atoms with E-state index in [1.54, 1.807) is 0 Å². The summed E-state index contributed by atoms with van der Waals surface area (Å²) >= 11 is 0. The smallest absolute Gasteiger partial charge is 0.225 e. The molecule has 1 atom stereocenters. The van der Waals surface area contributed by atoms with E-state index < -0.39 is 0 Å². The van der Waals surface area contributed by atoms with Crippen molar-refractivity contribution in [3.8, 4) is 0 Å². The van der Waals surface area contributed by atoms with E-state index in [2.05, 4.69) is 36.1 Å². The highest BCUT2D eigenvalue weighted by Crippen LogP contribution is 2.19. The van der Waals surface area contributed by atoms with Gasteiger partial charge in [0, 0.05) is 43.1 Å². The summed E-state index contributed by atoms with van der Waals surface area (Å²) < 4.78 is 0. The first-order valence-electron chi connectivity index (χ1n) is 7.45. The summed E-state index contributed by atoms with van der Waals surface area (Å²) in [5.41, 5.74) is 6.52. The van der Waals surface area contributed by atoms with Crippen LogP contribution in [0.5, 0.6) is 0 Å². The Morgan fingerprint density at radius 3 is 2.67 bits per heavy atom. The van der Waals surface area contributed by atoms with Crippen molar-refractivity contribution in [3.63, 3.8) is 0 Å². The molecule has 1 aromatic rings. The number of carbonyl (C=O) groups is 1. The molecule has 0 saturated carbocycles. The van der Waals surface area contributed by atoms with Gasteiger partial charge < -0.3 is 16.0 Å². The summed E-state index contributed by atoms with van der Waals surface area (Å²) in [7, 11) is 0. The van der Waals surface area contributed by atoms with Gasteiger partial charge in [0.05, 0.1) is 5.92 Å². The maximum Gasteiger partial charge on any atom is 0.225 e. The van der Waals surface area contributed by atoms with Crippen molar-refractivity contribution in [1.29, 1.82) is 0 Å². The molecule has 1 aliphatic heterocycles. The standard InChI is InChI=1S/C15H25N5O/c1-15(2,3)19-9-11-7-17-14(18-8-11)20-6-4-5-12(10-20)13(16)21/h7-8,12,19H,4-6,9-10H2,1-3H3,(H2,16,21). The van der Waals surface area contributed by atoms with Crippen molar-refractivity contribution in [2.24, 2.45) is 11.7 Å². The molecule has 21 heavy (non-hydrogen) atoms. The van der Waals surface area contributed by atoms with Crippen molar-refractivity contribution in [1.82, 2.24) is 15.3 Å². The molecule has 2 rings (SSSR count). The fourth-order valence-electron chi connectivity index (χ4n) is 2.36. The van der Waals surface area contributed by atoms with Gasteiger partial charge in [0.2, 0.25) is 11.9 Å². The largest absolute Gasteiger partial charge is 0.369 e. The molecule has 1 unspecified atom stereocenters. The fraction of sp³-hybridized carbons (Fsp3) is 0.667. The minimum Gasteiger partial charge on any atom is -0.369 e. The van der Waals surface area contributed by atoms with E-state index in [1.165, 1.54) is 0 Å². The molecule has 1 aliphatic rings. The van der Waals surface area contributed by atoms with Crippen LogP contribution in [0, 0.1) is 5.92 Å². The number of primary amides is 1. The molecule has 116 valence electrons. The van der Waals surface area contributed by atoms with Crippen LogP contribution >= 0.6 is 0 Å². The first-order chi connectivity index (χ1) is 9.85. The summed E-state index contributed by atoms with van der Waals surface area (Å²) in [5, 5.41) is 3.40. The molecule has 0 bridgehead atoms. The van der Waals surface area contributed by atoms with Gasteiger partial charge in [-0.15, -0.1) is 0 Å². The lowest BCUT2D eigenvalue weighted by molar-refractivity contribution is -0.122. The van der Waals surface area contributed by atoms with Gasteiger partial charge in [-0.25, -0.2) is 9.97 Å². The molecule has 3 N–H and O–H groups in total. The Labute approximate surface area is 126 Å². The molecule has 0 aliphatic carbocycles. The van der Waals surface area contributed by atoms with Crippen molar-refractivity contribution in [3.05, 3.63) is 18.0 Å². The molecule has 0 aromatic carbocycles. The van der Waals surface area contributed by atoms with Gasteiger partial charge in [0.15, 0.2) is 0 Å². The summed E-state index contributed by atoms with van der Waals surface area (Å²) in [5.74, 6) is 0.357. The van der Waals surface area contributed by atoms with Gasteiger partial charge in [0.25, 0.3) is 0 Å². The highest BCUT2D eigenvalue weighted by atomic mass is 16.1. The van der Waals surface area contributed by atoms with Crippen LogP contribution in [0.25, 0.3) is 0 Å². The minimum absolute atomic E-state index is 0.0697. The molecular weight excluding hydrogens is 266 g/mol. The van der Waals surface area contributed by atoms with E-state index in [0.29, 0.717) is 12.5 Å². The third-order valence-electron chi connectivity index (χ3n) is 3.62. The Morgan fingerprint density at radius 1 is 1.43 bits per heavy atom. The van der Waals surface area contributed by atoms with Gasteiger partial charge in [0.1, 0.15) is 0 Å². The van der Waals surface area contributed by atoms with E-state index in [-0.39, 0.29) is 17.4 Å². The number of nitrogens with zero attached hydrogens (tertiary/aromatic N) is 3. The highest BCUT2D eigenvalue weighted by Gasteiger charge is 2.25. The minimum atomic E-state index is -0.231. The molecule has 2 heterocycles. The number of anilines is 1. The Hall–Kier alpha value is -1.69. The molecule has 0 spiro atoms. The van der Waals surface area contributed by atoms with Crippen LogP contribution in [0.15, 0.2) is 12.4 Å². The predicted octanol–water partition coefficient (Wildman–Crippen LogP) is 1.07. The number of amides is 1. The first-order valence-corrected chi connectivity index (χ1v) is 7.45. The zero-order chi connectivity index (χ0) is 15.5. The van der Waals surface area contributed by atoms with Crippen LogP contribution in [-0.4, -0.2) is 34.5 Å². The van der Waals surface area contributed by atoms with Crippen LogP contribution in [-0.2, 0) is 11.3 Å². The number of nitrogens with one attached hydrogen (secondary N) is 1. The van der Waals surface area contributed by atoms with Gasteiger partial charge in [-0.05, 0) is 33.6 Å². The van der Waals surface area contributed by atoms with Gasteiger partial charge in [-0.2, -0.15) is 0 Å². The van der Waals surface area contributed by atoms with Crippen molar-refractivity contribution < 1.29 is 4.79 Å².